The molecule has 0 unspecified atom stereocenters. The fourth-order valence-corrected chi connectivity index (χ4v) is 9.42. The SMILES string of the molecule is Nc1ccccc1N.O=C1C(=O)c2cccc3cccc1c23.O=S(=O)([O-])c1cc2c3c(cccc3c1)-c1nc3ccccc3nc1-2.[Na+].[Na+].[OH-].c1cc2c3c(cccc3c1)-c1nc3ccccc3nc1-2. The molecule has 0 aliphatic heterocycles. The van der Waals surface area contributed by atoms with Gasteiger partial charge in [0.05, 0.1) is 61.1 Å². The first-order valence-electron chi connectivity index (χ1n) is 20.8. The minimum absolute atomic E-state index is 0. The predicted octanol–water partition coefficient (Wildman–Crippen LogP) is 4.67. The van der Waals surface area contributed by atoms with Gasteiger partial charge in [-0.3, -0.25) is 9.59 Å². The van der Waals surface area contributed by atoms with Gasteiger partial charge in [0.2, 0.25) is 11.6 Å². The van der Waals surface area contributed by atoms with Crippen molar-refractivity contribution in [1.29, 1.82) is 0 Å². The van der Waals surface area contributed by atoms with Crippen LogP contribution in [-0.2, 0) is 10.1 Å². The molecule has 0 spiro atoms. The number of nitrogens with two attached hydrogens (primary N) is 2. The van der Waals surface area contributed by atoms with Crippen molar-refractivity contribution in [2.45, 2.75) is 4.90 Å². The van der Waals surface area contributed by atoms with E-state index in [0.717, 1.165) is 60.9 Å². The molecule has 11 aromatic rings. The third-order valence-electron chi connectivity index (χ3n) is 11.9. The van der Waals surface area contributed by atoms with E-state index in [9.17, 15) is 22.6 Å². The second kappa shape index (κ2) is 19.3. The summed E-state index contributed by atoms with van der Waals surface area (Å²) in [7, 11) is -4.55. The molecule has 0 fully saturated rings. The Morgan fingerprint density at radius 3 is 1.04 bits per heavy atom. The average molecular weight is 941 g/mol. The van der Waals surface area contributed by atoms with E-state index in [2.05, 4.69) is 41.4 Å². The minimum atomic E-state index is -4.55. The van der Waals surface area contributed by atoms with Crippen LogP contribution in [0.4, 0.5) is 11.4 Å². The molecule has 5 N–H and O–H groups in total. The van der Waals surface area contributed by atoms with Gasteiger partial charge in [0.25, 0.3) is 0 Å². The first-order valence-corrected chi connectivity index (χ1v) is 22.2. The quantitative estimate of drug-likeness (QED) is 0.0992. The largest absolute Gasteiger partial charge is 1.00 e. The number of benzene rings is 9. The van der Waals surface area contributed by atoms with Gasteiger partial charge in [-0.1, -0.05) is 127 Å². The van der Waals surface area contributed by atoms with Crippen molar-refractivity contribution in [3.05, 3.63) is 187 Å². The van der Waals surface area contributed by atoms with E-state index >= 15 is 0 Å². The Labute approximate surface area is 439 Å². The van der Waals surface area contributed by atoms with Crippen molar-refractivity contribution in [3.8, 4) is 45.0 Å². The van der Waals surface area contributed by atoms with E-state index in [0.29, 0.717) is 39.1 Å². The Morgan fingerprint density at radius 2 is 0.681 bits per heavy atom. The van der Waals surface area contributed by atoms with E-state index in [4.69, 9.17) is 26.4 Å². The molecule has 69 heavy (non-hydrogen) atoms. The van der Waals surface area contributed by atoms with Crippen LogP contribution in [0.2, 0.25) is 0 Å². The number of ketones is 2. The first kappa shape index (κ1) is 48.7. The Balaban J connectivity index is 0.000000130. The van der Waals surface area contributed by atoms with Crippen LogP contribution in [0.3, 0.4) is 0 Å². The zero-order valence-corrected chi connectivity index (χ0v) is 41.9. The number of carbonyl (C=O) groups is 2. The monoisotopic (exact) mass is 940 g/mol. The van der Waals surface area contributed by atoms with Gasteiger partial charge in [-0.2, -0.15) is 0 Å². The van der Waals surface area contributed by atoms with Gasteiger partial charge in [-0.25, -0.2) is 28.4 Å². The van der Waals surface area contributed by atoms with Crippen molar-refractivity contribution < 1.29 is 87.2 Å². The van der Waals surface area contributed by atoms with Gasteiger partial charge in [-0.15, -0.1) is 0 Å². The molecule has 14 rings (SSSR count). The molecule has 15 heteroatoms. The minimum Gasteiger partial charge on any atom is -0.870 e. The summed E-state index contributed by atoms with van der Waals surface area (Å²) in [6.45, 7) is 0. The third-order valence-corrected chi connectivity index (χ3v) is 12.7. The van der Waals surface area contributed by atoms with E-state index in [-0.39, 0.29) is 81.1 Å². The summed E-state index contributed by atoms with van der Waals surface area (Å²) in [4.78, 5) is 41.8. The number of hydrogen-bond donors (Lipinski definition) is 2. The van der Waals surface area contributed by atoms with Gasteiger partial charge in [-0.05, 0) is 64.7 Å². The van der Waals surface area contributed by atoms with Crippen LogP contribution < -0.4 is 70.6 Å². The van der Waals surface area contributed by atoms with Crippen molar-refractivity contribution >= 4 is 87.4 Å². The van der Waals surface area contributed by atoms with Gasteiger partial charge < -0.3 is 21.5 Å². The number of carbonyl (C=O) groups excluding carboxylic acids is 2. The molecule has 9 aromatic carbocycles. The molecule has 0 atom stereocenters. The van der Waals surface area contributed by atoms with E-state index in [1.807, 2.05) is 84.9 Å². The average Bonchev–Trinajstić information content (AvgIpc) is 3.92. The summed E-state index contributed by atoms with van der Waals surface area (Å²) in [6.07, 6.45) is 0. The first-order chi connectivity index (χ1) is 32.0. The number of rotatable bonds is 1. The predicted molar refractivity (Wildman–Crippen MR) is 261 cm³/mol. The number of nitrogens with zero attached hydrogens (tertiary/aromatic N) is 4. The number of anilines is 2. The number of fused-ring (bicyclic) bond motifs is 8. The second-order valence-electron chi connectivity index (χ2n) is 15.9. The van der Waals surface area contributed by atoms with Gasteiger partial charge in [0, 0.05) is 49.5 Å². The zero-order chi connectivity index (χ0) is 45.3. The molecule has 3 aliphatic rings. The smallest absolute Gasteiger partial charge is 0.870 e. The molecular formula is C54H34N6Na2O6S. The molecule has 3 aliphatic carbocycles. The normalized spacial score (nSPS) is 11.8. The van der Waals surface area contributed by atoms with Crippen LogP contribution in [0, 0.1) is 0 Å². The van der Waals surface area contributed by atoms with Gasteiger partial charge >= 0.3 is 59.1 Å². The topological polar surface area (TPSA) is 225 Å². The number of para-hydroxylation sites is 6. The summed E-state index contributed by atoms with van der Waals surface area (Å²) in [6, 6.07) is 54.8. The third kappa shape index (κ3) is 8.59. The maximum atomic E-state index is 11.5. The molecule has 2 aromatic heterocycles. The summed E-state index contributed by atoms with van der Waals surface area (Å²) < 4.78 is 34.5. The van der Waals surface area contributed by atoms with Crippen LogP contribution in [0.5, 0.6) is 0 Å². The van der Waals surface area contributed by atoms with Crippen LogP contribution in [0.25, 0.3) is 99.4 Å². The number of aromatic nitrogens is 4. The van der Waals surface area contributed by atoms with Crippen LogP contribution in [0.15, 0.2) is 181 Å². The fraction of sp³-hybridized carbons (Fsp3) is 0. The summed E-state index contributed by atoms with van der Waals surface area (Å²) in [5, 5.41) is 5.88. The van der Waals surface area contributed by atoms with E-state index in [1.165, 1.54) is 34.0 Å². The molecule has 324 valence electrons. The van der Waals surface area contributed by atoms with Crippen LogP contribution in [-0.4, -0.2) is 49.9 Å². The Kier molecular flexibility index (Phi) is 13.6. The summed E-state index contributed by atoms with van der Waals surface area (Å²) >= 11 is 0. The van der Waals surface area contributed by atoms with Crippen LogP contribution in [0.1, 0.15) is 20.7 Å². The Morgan fingerprint density at radius 1 is 0.377 bits per heavy atom. The maximum absolute atomic E-state index is 11.5. The zero-order valence-electron chi connectivity index (χ0n) is 37.1. The summed E-state index contributed by atoms with van der Waals surface area (Å²) in [5.41, 5.74) is 23.9. The number of Topliss-reactive ketones (excluding diaryl/α,β-unsaturated/α-hetero) is 2. The molecule has 0 saturated carbocycles. The maximum Gasteiger partial charge on any atom is 1.00 e. The Bertz CT molecular complexity index is 3880. The molecular weight excluding hydrogens is 907 g/mol. The summed E-state index contributed by atoms with van der Waals surface area (Å²) in [5.74, 6) is -0.756. The molecule has 0 saturated heterocycles. The molecule has 0 radical (unpaired) electrons. The van der Waals surface area contributed by atoms with Gasteiger partial charge in [0.1, 0.15) is 10.1 Å². The van der Waals surface area contributed by atoms with Crippen LogP contribution >= 0.6 is 0 Å². The van der Waals surface area contributed by atoms with E-state index < -0.39 is 10.1 Å². The van der Waals surface area contributed by atoms with E-state index in [1.54, 1.807) is 42.5 Å². The second-order valence-corrected chi connectivity index (χ2v) is 17.2. The number of nitrogen functional groups attached to an aromatic ring is 2. The molecule has 0 amide bonds. The Hall–Kier alpha value is -6.75. The van der Waals surface area contributed by atoms with Crippen molar-refractivity contribution in [3.63, 3.8) is 0 Å². The molecule has 12 nitrogen and oxygen atoms in total. The number of hydrogen-bond acceptors (Lipinski definition) is 12. The standard InChI is InChI=1S/C18H10N2O3S.C18H10N2.C12H6O2.C6H8N2.2Na.H2O/c21-24(22,23)11-8-10-4-3-5-12-16(10)13(9-11)18-17(12)19-14-6-1-2-7-15(14)20-18;1-2-10-15-14(9-1)19-17-12-7-3-5-11-6-4-8-13(16(11)12)18(17)20-15;13-11-8-5-1-3-7-4-2-6-9(10(7)8)12(11)14;7-5-3-1-2-4-6(5)8;;;/h1-9H,(H,21,22,23);1-10H;1-6H;1-4H,7-8H2;;;1H2/q;;;;2*+1;/p-2. The fourth-order valence-electron chi connectivity index (χ4n) is 8.89. The van der Waals surface area contributed by atoms with Crippen molar-refractivity contribution in [2.24, 2.45) is 0 Å². The van der Waals surface area contributed by atoms with Crippen molar-refractivity contribution in [2.75, 3.05) is 11.5 Å². The van der Waals surface area contributed by atoms with Gasteiger partial charge in [0.15, 0.2) is 0 Å². The molecule has 0 bridgehead atoms. The van der Waals surface area contributed by atoms with Crippen molar-refractivity contribution in [1.82, 2.24) is 19.9 Å². The molecule has 2 heterocycles.